The number of aromatic nitrogens is 1. The first kappa shape index (κ1) is 13.8. The van der Waals surface area contributed by atoms with E-state index in [1.54, 1.807) is 17.5 Å². The van der Waals surface area contributed by atoms with Gasteiger partial charge in [-0.3, -0.25) is 4.79 Å². The van der Waals surface area contributed by atoms with Crippen LogP contribution >= 0.6 is 11.3 Å². The van der Waals surface area contributed by atoms with Gasteiger partial charge in [0.1, 0.15) is 11.6 Å². The van der Waals surface area contributed by atoms with Gasteiger partial charge in [-0.2, -0.15) is 0 Å². The second kappa shape index (κ2) is 5.99. The van der Waals surface area contributed by atoms with Crippen molar-refractivity contribution in [2.75, 3.05) is 7.11 Å². The van der Waals surface area contributed by atoms with Gasteiger partial charge in [0.05, 0.1) is 7.11 Å². The molecule has 0 saturated carbocycles. The van der Waals surface area contributed by atoms with Gasteiger partial charge >= 0.3 is 4.87 Å². The molecule has 2 rings (SSSR count). The van der Waals surface area contributed by atoms with Gasteiger partial charge in [0.2, 0.25) is 0 Å². The Balaban J connectivity index is 2.03. The lowest BCUT2D eigenvalue weighted by molar-refractivity contribution is 0.409. The van der Waals surface area contributed by atoms with E-state index in [4.69, 9.17) is 4.74 Å². The van der Waals surface area contributed by atoms with Gasteiger partial charge in [0.25, 0.3) is 0 Å². The smallest absolute Gasteiger partial charge is 0.304 e. The zero-order valence-electron chi connectivity index (χ0n) is 10.7. The van der Waals surface area contributed by atoms with Crippen LogP contribution in [0.4, 0.5) is 4.39 Å². The number of rotatable bonds is 5. The van der Waals surface area contributed by atoms with Crippen LogP contribution in [-0.4, -0.2) is 12.1 Å². The highest BCUT2D eigenvalue weighted by atomic mass is 32.1. The molecule has 19 heavy (non-hydrogen) atoms. The molecule has 0 bridgehead atoms. The third kappa shape index (κ3) is 3.42. The van der Waals surface area contributed by atoms with Crippen molar-refractivity contribution in [1.82, 2.24) is 10.3 Å². The van der Waals surface area contributed by atoms with Crippen LogP contribution in [-0.2, 0) is 6.54 Å². The Morgan fingerprint density at radius 2 is 2.32 bits per heavy atom. The third-order valence-corrected chi connectivity index (χ3v) is 3.56. The molecule has 1 heterocycles. The van der Waals surface area contributed by atoms with Crippen LogP contribution in [0.5, 0.6) is 5.75 Å². The fourth-order valence-corrected chi connectivity index (χ4v) is 2.34. The highest BCUT2D eigenvalue weighted by Crippen LogP contribution is 2.21. The largest absolute Gasteiger partial charge is 0.497 e. The number of aromatic amines is 1. The minimum absolute atomic E-state index is 0.0833. The molecule has 102 valence electrons. The van der Waals surface area contributed by atoms with Crippen LogP contribution < -0.4 is 14.9 Å². The summed E-state index contributed by atoms with van der Waals surface area (Å²) in [5.41, 5.74) is 1.37. The van der Waals surface area contributed by atoms with Crippen LogP contribution in [0.2, 0.25) is 0 Å². The van der Waals surface area contributed by atoms with Crippen molar-refractivity contribution < 1.29 is 9.13 Å². The van der Waals surface area contributed by atoms with Crippen molar-refractivity contribution in [1.29, 1.82) is 0 Å². The predicted octanol–water partition coefficient (Wildman–Crippen LogP) is 2.43. The number of thiazole rings is 1. The Kier molecular flexibility index (Phi) is 4.34. The van der Waals surface area contributed by atoms with Gasteiger partial charge in [-0.25, -0.2) is 4.39 Å². The standard InChI is InChI=1S/C13H15FN2O2S/c1-8(15-6-9-7-19-13(17)16-9)11-4-3-10(18-2)5-12(11)14/h3-5,7-8,15H,6H2,1-2H3,(H,16,17). The highest BCUT2D eigenvalue weighted by molar-refractivity contribution is 7.07. The number of H-pyrrole nitrogens is 1. The lowest BCUT2D eigenvalue weighted by atomic mass is 10.1. The number of halogens is 1. The normalized spacial score (nSPS) is 12.4. The van der Waals surface area contributed by atoms with Gasteiger partial charge in [-0.15, -0.1) is 0 Å². The Morgan fingerprint density at radius 1 is 1.53 bits per heavy atom. The van der Waals surface area contributed by atoms with Gasteiger partial charge in [0.15, 0.2) is 0 Å². The zero-order valence-corrected chi connectivity index (χ0v) is 11.5. The van der Waals surface area contributed by atoms with Crippen LogP contribution in [0.25, 0.3) is 0 Å². The summed E-state index contributed by atoms with van der Waals surface area (Å²) in [7, 11) is 1.50. The summed E-state index contributed by atoms with van der Waals surface area (Å²) in [4.78, 5) is 13.6. The fourth-order valence-electron chi connectivity index (χ4n) is 1.76. The molecule has 0 spiro atoms. The number of hydrogen-bond acceptors (Lipinski definition) is 4. The lowest BCUT2D eigenvalue weighted by Crippen LogP contribution is -2.19. The Hall–Kier alpha value is -1.66. The molecule has 0 amide bonds. The van der Waals surface area contributed by atoms with Crippen LogP contribution in [0, 0.1) is 5.82 Å². The van der Waals surface area contributed by atoms with Crippen molar-refractivity contribution in [2.45, 2.75) is 19.5 Å². The maximum atomic E-state index is 13.8. The monoisotopic (exact) mass is 282 g/mol. The molecule has 1 aromatic carbocycles. The van der Waals surface area contributed by atoms with E-state index in [1.165, 1.54) is 13.2 Å². The molecule has 0 aliphatic carbocycles. The van der Waals surface area contributed by atoms with Crippen molar-refractivity contribution >= 4 is 11.3 Å². The molecule has 0 aliphatic rings. The number of hydrogen-bond donors (Lipinski definition) is 2. The number of benzene rings is 1. The van der Waals surface area contributed by atoms with E-state index in [0.29, 0.717) is 17.9 Å². The molecule has 2 aromatic rings. The van der Waals surface area contributed by atoms with Crippen LogP contribution in [0.3, 0.4) is 0 Å². The van der Waals surface area contributed by atoms with Crippen molar-refractivity contribution in [3.63, 3.8) is 0 Å². The summed E-state index contributed by atoms with van der Waals surface area (Å²) in [6, 6.07) is 4.62. The average molecular weight is 282 g/mol. The molecule has 0 radical (unpaired) electrons. The van der Waals surface area contributed by atoms with E-state index in [0.717, 1.165) is 17.0 Å². The van der Waals surface area contributed by atoms with E-state index in [2.05, 4.69) is 10.3 Å². The minimum Gasteiger partial charge on any atom is -0.497 e. The molecule has 4 nitrogen and oxygen atoms in total. The molecule has 0 aliphatic heterocycles. The maximum absolute atomic E-state index is 13.8. The maximum Gasteiger partial charge on any atom is 0.304 e. The van der Waals surface area contributed by atoms with E-state index in [1.807, 2.05) is 6.92 Å². The quantitative estimate of drug-likeness (QED) is 0.885. The van der Waals surface area contributed by atoms with Gasteiger partial charge in [-0.1, -0.05) is 17.4 Å². The van der Waals surface area contributed by atoms with Crippen LogP contribution in [0.15, 0.2) is 28.4 Å². The third-order valence-electron chi connectivity index (χ3n) is 2.84. The molecule has 1 unspecified atom stereocenters. The summed E-state index contributed by atoms with van der Waals surface area (Å²) < 4.78 is 18.8. The Labute approximate surface area is 114 Å². The Morgan fingerprint density at radius 3 is 2.89 bits per heavy atom. The topological polar surface area (TPSA) is 54.1 Å². The predicted molar refractivity (Wildman–Crippen MR) is 73.1 cm³/mol. The van der Waals surface area contributed by atoms with Crippen molar-refractivity contribution in [3.8, 4) is 5.75 Å². The zero-order chi connectivity index (χ0) is 13.8. The van der Waals surface area contributed by atoms with E-state index < -0.39 is 0 Å². The van der Waals surface area contributed by atoms with E-state index in [9.17, 15) is 9.18 Å². The highest BCUT2D eigenvalue weighted by Gasteiger charge is 2.11. The van der Waals surface area contributed by atoms with E-state index in [-0.39, 0.29) is 16.7 Å². The van der Waals surface area contributed by atoms with Gasteiger partial charge < -0.3 is 15.0 Å². The molecule has 2 N–H and O–H groups in total. The number of nitrogens with one attached hydrogen (secondary N) is 2. The lowest BCUT2D eigenvalue weighted by Gasteiger charge is -2.15. The molecule has 0 saturated heterocycles. The summed E-state index contributed by atoms with van der Waals surface area (Å²) in [5.74, 6) is 0.189. The molecule has 1 aromatic heterocycles. The van der Waals surface area contributed by atoms with Crippen molar-refractivity contribution in [3.05, 3.63) is 50.3 Å². The first-order valence-electron chi connectivity index (χ1n) is 5.83. The van der Waals surface area contributed by atoms with Gasteiger partial charge in [-0.05, 0) is 13.0 Å². The first-order chi connectivity index (χ1) is 9.10. The first-order valence-corrected chi connectivity index (χ1v) is 6.71. The average Bonchev–Trinajstić information content (AvgIpc) is 2.81. The minimum atomic E-state index is -0.307. The summed E-state index contributed by atoms with van der Waals surface area (Å²) in [5, 5.41) is 4.92. The second-order valence-electron chi connectivity index (χ2n) is 4.16. The fraction of sp³-hybridized carbons (Fsp3) is 0.308. The van der Waals surface area contributed by atoms with Crippen LogP contribution in [0.1, 0.15) is 24.2 Å². The molecule has 0 fully saturated rings. The second-order valence-corrected chi connectivity index (χ2v) is 5.01. The summed E-state index contributed by atoms with van der Waals surface area (Å²) in [6.45, 7) is 2.36. The number of ether oxygens (including phenoxy) is 1. The van der Waals surface area contributed by atoms with Gasteiger partial charge in [0, 0.05) is 35.3 Å². The summed E-state index contributed by atoms with van der Waals surface area (Å²) >= 11 is 1.12. The molecular weight excluding hydrogens is 267 g/mol. The molecule has 6 heteroatoms. The summed E-state index contributed by atoms with van der Waals surface area (Å²) in [6.07, 6.45) is 0. The van der Waals surface area contributed by atoms with Crippen molar-refractivity contribution in [2.24, 2.45) is 0 Å². The molecule has 1 atom stereocenters. The number of methoxy groups -OCH3 is 1. The SMILES string of the molecule is COc1ccc(C(C)NCc2csc(=O)[nH]2)c(F)c1. The molecular formula is C13H15FN2O2S. The van der Waals surface area contributed by atoms with E-state index >= 15 is 0 Å². The Bertz CT molecular complexity index is 609.